The van der Waals surface area contributed by atoms with E-state index in [0.29, 0.717) is 71.6 Å². The predicted octanol–water partition coefficient (Wildman–Crippen LogP) is 17.4. The summed E-state index contributed by atoms with van der Waals surface area (Å²) >= 11 is 0. The van der Waals surface area contributed by atoms with Gasteiger partial charge in [-0.1, -0.05) is 170 Å². The van der Waals surface area contributed by atoms with Gasteiger partial charge in [0.15, 0.2) is 11.6 Å². The molecule has 6 aromatic carbocycles. The normalized spacial score (nSPS) is 20.0. The van der Waals surface area contributed by atoms with E-state index in [9.17, 15) is 34.0 Å². The molecule has 596 valence electrons. The summed E-state index contributed by atoms with van der Waals surface area (Å²) < 4.78 is 38.6. The number of oxime groups is 1. The summed E-state index contributed by atoms with van der Waals surface area (Å²) in [6.07, 6.45) is 11.0. The standard InChI is InChI=1S/C32H39N3O5.C23H23N3O3.C20H29N3O3.C12H14O4.CH4/c1-30(2,3)38-27(36)23-16-11-10-15-22(23)26-33-28(34-40-26)32(17-12-18-32)20-35(29(37)39-31(4,5)6)25-19-24(25)21-13-8-7-9-14-21;27-15-28-20-10-5-4-9-17(20)21-25-22(26-29-21)23(11-6-12-23)14-24-19-13-18(19)16-7-2-1-3-8-16;1-19(2,3)26-18(24)23(13-20(10-7-11-20)17(21)22-25)16-12-15(16)14-8-5-4-6-9-14;1-12(2,3)16-11(15)9-7-5-4-6-8(9)10(13)14;/h7-11,13-16,24-25H,12,17-20H2,1-6H3;1-5,7-10,15,18-19,24H,6,11-14H2;4-6,8-9,15-16,25H,7,10-13H2,1-3H3,(H2,21,22);4-7H,1-3H3,(H,13,14);1H4/t24?,25-;18?,19-;15?,16-;;/m000../s1. The fourth-order valence-electron chi connectivity index (χ4n) is 14.5. The Labute approximate surface area is 656 Å². The number of aromatic nitrogens is 4. The second kappa shape index (κ2) is 34.9. The Balaban J connectivity index is 0.000000165. The fraction of sp³-hybridized carbons (Fsp3) is 0.466. The lowest BCUT2D eigenvalue weighted by Crippen LogP contribution is -2.53. The van der Waals surface area contributed by atoms with Gasteiger partial charge in [-0.25, -0.2) is 24.0 Å². The second-order valence-corrected chi connectivity index (χ2v) is 33.9. The minimum absolute atomic E-state index is 0. The maximum absolute atomic E-state index is 13.5. The molecule has 6 fully saturated rings. The molecule has 0 saturated heterocycles. The number of amidine groups is 1. The molecule has 112 heavy (non-hydrogen) atoms. The zero-order chi connectivity index (χ0) is 79.7. The van der Waals surface area contributed by atoms with Crippen LogP contribution in [0.25, 0.3) is 22.9 Å². The number of para-hydroxylation sites is 1. The van der Waals surface area contributed by atoms with E-state index < -0.39 is 51.1 Å². The number of rotatable bonds is 22. The Morgan fingerprint density at radius 2 is 0.920 bits per heavy atom. The van der Waals surface area contributed by atoms with E-state index in [4.69, 9.17) is 48.6 Å². The van der Waals surface area contributed by atoms with Gasteiger partial charge >= 0.3 is 30.1 Å². The number of esters is 2. The lowest BCUT2D eigenvalue weighted by Gasteiger charge is -2.44. The SMILES string of the molecule is C.CC(C)(C)OC(=O)N(CC1(C(N)=NO)CCC1)[C@H]1CC1c1ccccc1.CC(C)(C)OC(=O)c1ccccc1-c1nc(C2(CN(C(=O)OC(C)(C)C)[C@H]3CC3c3ccccc3)CCC2)no1.CC(C)(C)OC(=O)c1ccccc1C(=O)O.O=COc1ccccc1-c1nc(C2(CN[C@H]3CC3c3ccccc3)CCC2)no1. The van der Waals surface area contributed by atoms with Crippen molar-refractivity contribution in [2.75, 3.05) is 19.6 Å². The number of carbonyl (C=O) groups is 6. The molecule has 2 heterocycles. The highest BCUT2D eigenvalue weighted by Crippen LogP contribution is 2.52. The van der Waals surface area contributed by atoms with E-state index >= 15 is 0 Å². The number of nitrogens with one attached hydrogen (secondary N) is 1. The number of ether oxygens (including phenoxy) is 5. The van der Waals surface area contributed by atoms with Crippen molar-refractivity contribution in [3.05, 3.63) is 209 Å². The van der Waals surface area contributed by atoms with Crippen LogP contribution >= 0.6 is 0 Å². The van der Waals surface area contributed by atoms with Gasteiger partial charge in [-0.3, -0.25) is 4.79 Å². The predicted molar refractivity (Wildman–Crippen MR) is 424 cm³/mol. The average molecular weight is 1530 g/mol. The van der Waals surface area contributed by atoms with Crippen LogP contribution < -0.4 is 15.8 Å². The van der Waals surface area contributed by atoms with Crippen LogP contribution in [-0.2, 0) is 34.6 Å². The van der Waals surface area contributed by atoms with E-state index in [0.717, 1.165) is 76.6 Å². The van der Waals surface area contributed by atoms with Crippen molar-refractivity contribution in [3.63, 3.8) is 0 Å². The van der Waals surface area contributed by atoms with E-state index in [2.05, 4.69) is 80.4 Å². The summed E-state index contributed by atoms with van der Waals surface area (Å²) in [5.41, 5.74) is 8.01. The quantitative estimate of drug-likeness (QED) is 0.00931. The smallest absolute Gasteiger partial charge is 0.410 e. The molecular formula is C88H109N9O15. The molecule has 6 saturated carbocycles. The number of amides is 2. The molecule has 0 bridgehead atoms. The highest BCUT2D eigenvalue weighted by molar-refractivity contribution is 6.02. The van der Waals surface area contributed by atoms with Crippen molar-refractivity contribution < 1.29 is 71.8 Å². The number of hydrogen-bond acceptors (Lipinski definition) is 20. The van der Waals surface area contributed by atoms with Crippen molar-refractivity contribution in [1.82, 2.24) is 35.4 Å². The first-order chi connectivity index (χ1) is 52.7. The Morgan fingerprint density at radius 1 is 0.518 bits per heavy atom. The van der Waals surface area contributed by atoms with Gasteiger partial charge in [0.2, 0.25) is 0 Å². The number of aromatic carboxylic acids is 1. The summed E-state index contributed by atoms with van der Waals surface area (Å²) in [6.45, 7) is 24.1. The van der Waals surface area contributed by atoms with E-state index in [-0.39, 0.29) is 65.9 Å². The van der Waals surface area contributed by atoms with Crippen molar-refractivity contribution in [2.24, 2.45) is 16.3 Å². The van der Waals surface area contributed by atoms with Crippen molar-refractivity contribution in [1.29, 1.82) is 0 Å². The van der Waals surface area contributed by atoms with Gasteiger partial charge in [-0.05, 0) is 194 Å². The minimum atomic E-state index is -1.14. The second-order valence-electron chi connectivity index (χ2n) is 33.9. The van der Waals surface area contributed by atoms with Crippen LogP contribution in [-0.4, -0.2) is 143 Å². The maximum atomic E-state index is 13.5. The van der Waals surface area contributed by atoms with Crippen LogP contribution in [0.15, 0.2) is 178 Å². The van der Waals surface area contributed by atoms with Gasteiger partial charge in [0.25, 0.3) is 18.3 Å². The fourth-order valence-corrected chi connectivity index (χ4v) is 14.5. The molecule has 3 unspecified atom stereocenters. The molecule has 24 heteroatoms. The number of nitrogens with zero attached hydrogens (tertiary/aromatic N) is 7. The van der Waals surface area contributed by atoms with E-state index in [1.54, 1.807) is 68.1 Å². The van der Waals surface area contributed by atoms with Gasteiger partial charge < -0.3 is 63.9 Å². The van der Waals surface area contributed by atoms with Crippen LogP contribution in [0.4, 0.5) is 9.59 Å². The van der Waals surface area contributed by atoms with Gasteiger partial charge in [0.05, 0.1) is 33.2 Å². The van der Waals surface area contributed by atoms with Crippen LogP contribution in [0, 0.1) is 5.41 Å². The Hall–Kier alpha value is -10.8. The van der Waals surface area contributed by atoms with Crippen LogP contribution in [0.2, 0.25) is 0 Å². The first-order valence-electron chi connectivity index (χ1n) is 38.3. The number of carbonyl (C=O) groups excluding carboxylic acids is 5. The van der Waals surface area contributed by atoms with Crippen molar-refractivity contribution in [2.45, 2.75) is 237 Å². The third-order valence-corrected chi connectivity index (χ3v) is 20.9. The lowest BCUT2D eigenvalue weighted by atomic mass is 9.67. The molecule has 8 aromatic rings. The number of carboxylic acids is 1. The van der Waals surface area contributed by atoms with Gasteiger partial charge in [0, 0.05) is 66.3 Å². The van der Waals surface area contributed by atoms with E-state index in [1.165, 1.54) is 41.7 Å². The number of carboxylic acid groups (broad SMARTS) is 1. The molecule has 0 radical (unpaired) electrons. The maximum Gasteiger partial charge on any atom is 0.410 e. The third kappa shape index (κ3) is 21.1. The highest BCUT2D eigenvalue weighted by Gasteiger charge is 2.54. The zero-order valence-corrected chi connectivity index (χ0v) is 65.6. The summed E-state index contributed by atoms with van der Waals surface area (Å²) in [6, 6.07) is 52.1. The summed E-state index contributed by atoms with van der Waals surface area (Å²) in [4.78, 5) is 85.8. The molecule has 2 aromatic heterocycles. The highest BCUT2D eigenvalue weighted by atomic mass is 16.6. The van der Waals surface area contributed by atoms with Crippen LogP contribution in [0.3, 0.4) is 0 Å². The Morgan fingerprint density at radius 3 is 1.36 bits per heavy atom. The Kier molecular flexibility index (Phi) is 26.1. The first-order valence-corrected chi connectivity index (χ1v) is 38.3. The first kappa shape index (κ1) is 83.7. The zero-order valence-electron chi connectivity index (χ0n) is 65.6. The Bertz CT molecular complexity index is 4560. The molecule has 24 nitrogen and oxygen atoms in total. The molecule has 6 atom stereocenters. The van der Waals surface area contributed by atoms with Crippen molar-refractivity contribution in [3.8, 4) is 28.7 Å². The summed E-state index contributed by atoms with van der Waals surface area (Å²) in [5.74, 6) is 1.56. The number of benzene rings is 6. The molecule has 6 aliphatic rings. The molecule has 2 amide bonds. The minimum Gasteiger partial charge on any atom is -0.478 e. The van der Waals surface area contributed by atoms with Crippen LogP contribution in [0.5, 0.6) is 5.75 Å². The van der Waals surface area contributed by atoms with Crippen LogP contribution in [0.1, 0.15) is 245 Å². The number of hydrogen-bond donors (Lipinski definition) is 4. The molecule has 0 spiro atoms. The topological polar surface area (TPSA) is 324 Å². The molecular weight excluding hydrogens is 1420 g/mol. The lowest BCUT2D eigenvalue weighted by molar-refractivity contribution is -0.120. The molecule has 5 N–H and O–H groups in total. The average Bonchev–Trinajstić information content (AvgIpc) is 1.56. The largest absolute Gasteiger partial charge is 0.478 e. The molecule has 6 aliphatic carbocycles. The van der Waals surface area contributed by atoms with Gasteiger partial charge in [-0.2, -0.15) is 9.97 Å². The molecule has 14 rings (SSSR count). The van der Waals surface area contributed by atoms with Gasteiger partial charge in [-0.15, -0.1) is 0 Å². The van der Waals surface area contributed by atoms with Crippen molar-refractivity contribution >= 4 is 42.4 Å². The van der Waals surface area contributed by atoms with E-state index in [1.807, 2.05) is 122 Å². The third-order valence-electron chi connectivity index (χ3n) is 20.9. The van der Waals surface area contributed by atoms with Gasteiger partial charge in [0.1, 0.15) is 34.0 Å². The number of nitrogens with two attached hydrogens (primary N) is 1. The molecule has 0 aliphatic heterocycles. The monoisotopic (exact) mass is 1530 g/mol. The summed E-state index contributed by atoms with van der Waals surface area (Å²) in [7, 11) is 0. The summed E-state index contributed by atoms with van der Waals surface area (Å²) in [5, 5.41) is 33.7.